The first kappa shape index (κ1) is 9.35. The van der Waals surface area contributed by atoms with Crippen molar-refractivity contribution in [2.45, 2.75) is 6.92 Å². The number of furan rings is 1. The van der Waals surface area contributed by atoms with Gasteiger partial charge in [0.25, 0.3) is 5.56 Å². The standard InChI is InChI=1S/C11H8N2O2S/c1-6-2-3-8(16-6)7-4-15-11-9(7)10(14)12-5-13-11/h2-5H,1H3,(H,12,13,14). The average molecular weight is 232 g/mol. The topological polar surface area (TPSA) is 58.9 Å². The molecule has 0 saturated carbocycles. The molecule has 0 amide bonds. The van der Waals surface area contributed by atoms with Gasteiger partial charge in [0.15, 0.2) is 0 Å². The van der Waals surface area contributed by atoms with E-state index < -0.39 is 0 Å². The zero-order valence-electron chi connectivity index (χ0n) is 8.48. The molecule has 3 aromatic heterocycles. The Morgan fingerprint density at radius 1 is 1.44 bits per heavy atom. The van der Waals surface area contributed by atoms with Crippen LogP contribution < -0.4 is 5.56 Å². The Hall–Kier alpha value is -1.88. The van der Waals surface area contributed by atoms with Gasteiger partial charge < -0.3 is 9.40 Å². The highest BCUT2D eigenvalue weighted by molar-refractivity contribution is 7.15. The summed E-state index contributed by atoms with van der Waals surface area (Å²) in [7, 11) is 0. The van der Waals surface area contributed by atoms with Gasteiger partial charge in [0, 0.05) is 15.3 Å². The number of fused-ring (bicyclic) bond motifs is 1. The summed E-state index contributed by atoms with van der Waals surface area (Å²) >= 11 is 1.63. The highest BCUT2D eigenvalue weighted by Gasteiger charge is 2.13. The van der Waals surface area contributed by atoms with Crippen molar-refractivity contribution in [3.8, 4) is 10.4 Å². The first-order chi connectivity index (χ1) is 7.75. The molecule has 4 nitrogen and oxygen atoms in total. The van der Waals surface area contributed by atoms with E-state index in [2.05, 4.69) is 9.97 Å². The minimum absolute atomic E-state index is 0.167. The number of aromatic nitrogens is 2. The minimum Gasteiger partial charge on any atom is -0.445 e. The summed E-state index contributed by atoms with van der Waals surface area (Å²) in [5, 5.41) is 0.518. The van der Waals surface area contributed by atoms with Gasteiger partial charge in [-0.1, -0.05) is 0 Å². The molecule has 5 heteroatoms. The van der Waals surface area contributed by atoms with E-state index in [1.165, 1.54) is 11.2 Å². The van der Waals surface area contributed by atoms with E-state index in [1.807, 2.05) is 19.1 Å². The molecule has 0 unspecified atom stereocenters. The molecule has 0 aliphatic heterocycles. The second-order valence-corrected chi connectivity index (χ2v) is 4.76. The van der Waals surface area contributed by atoms with Crippen molar-refractivity contribution in [2.75, 3.05) is 0 Å². The molecule has 1 N–H and O–H groups in total. The van der Waals surface area contributed by atoms with Crippen molar-refractivity contribution >= 4 is 22.4 Å². The van der Waals surface area contributed by atoms with Gasteiger partial charge in [-0.25, -0.2) is 4.98 Å². The van der Waals surface area contributed by atoms with Gasteiger partial charge in [-0.3, -0.25) is 4.79 Å². The van der Waals surface area contributed by atoms with Crippen LogP contribution in [0.3, 0.4) is 0 Å². The Labute approximate surface area is 94.6 Å². The van der Waals surface area contributed by atoms with Crippen molar-refractivity contribution < 1.29 is 4.42 Å². The van der Waals surface area contributed by atoms with Gasteiger partial charge in [0.2, 0.25) is 5.71 Å². The number of aryl methyl sites for hydroxylation is 1. The third kappa shape index (κ3) is 1.29. The van der Waals surface area contributed by atoms with Gasteiger partial charge in [0.05, 0.1) is 6.33 Å². The zero-order chi connectivity index (χ0) is 11.1. The van der Waals surface area contributed by atoms with Crippen LogP contribution in [0.4, 0.5) is 0 Å². The number of H-pyrrole nitrogens is 1. The summed E-state index contributed by atoms with van der Waals surface area (Å²) in [6, 6.07) is 4.00. The lowest BCUT2D eigenvalue weighted by atomic mass is 10.2. The number of thiophene rings is 1. The third-order valence-electron chi connectivity index (χ3n) is 2.38. The molecule has 80 valence electrons. The molecule has 0 radical (unpaired) electrons. The van der Waals surface area contributed by atoms with Crippen LogP contribution in [0.1, 0.15) is 4.88 Å². The molecular formula is C11H8N2O2S. The first-order valence-corrected chi connectivity index (χ1v) is 5.59. The average Bonchev–Trinajstić information content (AvgIpc) is 2.84. The van der Waals surface area contributed by atoms with E-state index in [0.29, 0.717) is 11.1 Å². The molecule has 0 atom stereocenters. The number of hydrogen-bond donors (Lipinski definition) is 1. The fourth-order valence-corrected chi connectivity index (χ4v) is 2.52. The lowest BCUT2D eigenvalue weighted by Crippen LogP contribution is -2.05. The van der Waals surface area contributed by atoms with Gasteiger partial charge >= 0.3 is 0 Å². The van der Waals surface area contributed by atoms with Gasteiger partial charge in [0.1, 0.15) is 11.6 Å². The Bertz CT molecular complexity index is 708. The molecular weight excluding hydrogens is 224 g/mol. The van der Waals surface area contributed by atoms with E-state index >= 15 is 0 Å². The highest BCUT2D eigenvalue weighted by atomic mass is 32.1. The fourth-order valence-electron chi connectivity index (χ4n) is 1.64. The van der Waals surface area contributed by atoms with Crippen LogP contribution in [0.2, 0.25) is 0 Å². The maximum absolute atomic E-state index is 11.7. The molecule has 0 spiro atoms. The van der Waals surface area contributed by atoms with Crippen molar-refractivity contribution in [3.05, 3.63) is 40.0 Å². The van der Waals surface area contributed by atoms with Crippen LogP contribution in [-0.2, 0) is 0 Å². The number of hydrogen-bond acceptors (Lipinski definition) is 4. The summed E-state index contributed by atoms with van der Waals surface area (Å²) in [5.74, 6) is 0. The summed E-state index contributed by atoms with van der Waals surface area (Å²) < 4.78 is 5.27. The van der Waals surface area contributed by atoms with Crippen LogP contribution in [0.15, 0.2) is 33.9 Å². The normalized spacial score (nSPS) is 11.1. The molecule has 0 bridgehead atoms. The molecule has 3 aromatic rings. The third-order valence-corrected chi connectivity index (χ3v) is 3.42. The second kappa shape index (κ2) is 3.31. The van der Waals surface area contributed by atoms with E-state index in [4.69, 9.17) is 4.42 Å². The number of rotatable bonds is 1. The number of nitrogens with zero attached hydrogens (tertiary/aromatic N) is 1. The molecule has 0 aliphatic rings. The summed E-state index contributed by atoms with van der Waals surface area (Å²) in [5.41, 5.74) is 1.02. The summed E-state index contributed by atoms with van der Waals surface area (Å²) in [4.78, 5) is 20.4. The van der Waals surface area contributed by atoms with Crippen molar-refractivity contribution in [1.29, 1.82) is 0 Å². The molecule has 0 aromatic carbocycles. The van der Waals surface area contributed by atoms with Gasteiger partial charge in [-0.15, -0.1) is 11.3 Å². The Morgan fingerprint density at radius 2 is 2.31 bits per heavy atom. The summed E-state index contributed by atoms with van der Waals surface area (Å²) in [6.07, 6.45) is 2.93. The highest BCUT2D eigenvalue weighted by Crippen LogP contribution is 2.32. The van der Waals surface area contributed by atoms with Crippen molar-refractivity contribution in [1.82, 2.24) is 9.97 Å². The quantitative estimate of drug-likeness (QED) is 0.701. The monoisotopic (exact) mass is 232 g/mol. The SMILES string of the molecule is Cc1ccc(-c2coc3nc[nH]c(=O)c23)s1. The van der Waals surface area contributed by atoms with Gasteiger partial charge in [-0.05, 0) is 19.1 Å². The van der Waals surface area contributed by atoms with Crippen molar-refractivity contribution in [3.63, 3.8) is 0 Å². The maximum Gasteiger partial charge on any atom is 0.262 e. The van der Waals surface area contributed by atoms with Crippen LogP contribution in [0.25, 0.3) is 21.5 Å². The molecule has 3 heterocycles. The molecule has 0 saturated heterocycles. The minimum atomic E-state index is -0.167. The Morgan fingerprint density at radius 3 is 3.06 bits per heavy atom. The molecule has 0 fully saturated rings. The Kier molecular flexibility index (Phi) is 1.94. The lowest BCUT2D eigenvalue weighted by molar-refractivity contribution is 0.603. The van der Waals surface area contributed by atoms with E-state index in [-0.39, 0.29) is 5.56 Å². The maximum atomic E-state index is 11.7. The lowest BCUT2D eigenvalue weighted by Gasteiger charge is -1.90. The van der Waals surface area contributed by atoms with E-state index in [0.717, 1.165) is 10.4 Å². The molecule has 0 aliphatic carbocycles. The molecule has 3 rings (SSSR count). The summed E-state index contributed by atoms with van der Waals surface area (Å²) in [6.45, 7) is 2.03. The van der Waals surface area contributed by atoms with E-state index in [9.17, 15) is 4.79 Å². The van der Waals surface area contributed by atoms with E-state index in [1.54, 1.807) is 17.6 Å². The molecule has 16 heavy (non-hydrogen) atoms. The largest absolute Gasteiger partial charge is 0.445 e. The fraction of sp³-hybridized carbons (Fsp3) is 0.0909. The van der Waals surface area contributed by atoms with Gasteiger partial charge in [-0.2, -0.15) is 0 Å². The number of aromatic amines is 1. The van der Waals surface area contributed by atoms with Crippen LogP contribution in [0.5, 0.6) is 0 Å². The second-order valence-electron chi connectivity index (χ2n) is 3.47. The predicted molar refractivity (Wildman–Crippen MR) is 62.7 cm³/mol. The Balaban J connectivity index is 2.37. The van der Waals surface area contributed by atoms with Crippen LogP contribution >= 0.6 is 11.3 Å². The number of nitrogens with one attached hydrogen (secondary N) is 1. The van der Waals surface area contributed by atoms with Crippen molar-refractivity contribution in [2.24, 2.45) is 0 Å². The predicted octanol–water partition coefficient (Wildman–Crippen LogP) is 2.55. The van der Waals surface area contributed by atoms with Crippen LogP contribution in [-0.4, -0.2) is 9.97 Å². The zero-order valence-corrected chi connectivity index (χ0v) is 9.30. The smallest absolute Gasteiger partial charge is 0.262 e. The first-order valence-electron chi connectivity index (χ1n) is 4.77. The van der Waals surface area contributed by atoms with Crippen LogP contribution in [0, 0.1) is 6.92 Å².